The average Bonchev–Trinajstić information content (AvgIpc) is 3.44. The summed E-state index contributed by atoms with van der Waals surface area (Å²) in [6, 6.07) is 15.1. The van der Waals surface area contributed by atoms with E-state index in [1.54, 1.807) is 7.11 Å². The largest absolute Gasteiger partial charge is 0.496 e. The average molecular weight is 640 g/mol. The summed E-state index contributed by atoms with van der Waals surface area (Å²) in [6.45, 7) is 11.6. The Morgan fingerprint density at radius 3 is 2.13 bits per heavy atom. The molecule has 13 nitrogen and oxygen atoms in total. The van der Waals surface area contributed by atoms with E-state index in [1.165, 1.54) is 5.56 Å². The lowest BCUT2D eigenvalue weighted by Crippen LogP contribution is -2.62. The number of rotatable bonds is 13. The number of pyridine rings is 1. The number of hydrogen-bond acceptors (Lipinski definition) is 9. The van der Waals surface area contributed by atoms with Crippen LogP contribution in [0.1, 0.15) is 70.2 Å². The third-order valence-corrected chi connectivity index (χ3v) is 7.68. The number of hydrogen-bond donors (Lipinski definition) is 5. The second-order valence-electron chi connectivity index (χ2n) is 13.0. The van der Waals surface area contributed by atoms with E-state index in [0.29, 0.717) is 12.6 Å². The van der Waals surface area contributed by atoms with Crippen molar-refractivity contribution in [1.29, 1.82) is 0 Å². The third kappa shape index (κ3) is 10.9. The monoisotopic (exact) mass is 639 g/mol. The number of aromatic nitrogens is 3. The van der Waals surface area contributed by atoms with Gasteiger partial charge < -0.3 is 30.5 Å². The number of methoxy groups -OCH3 is 1. The molecule has 0 spiro atoms. The van der Waals surface area contributed by atoms with Crippen LogP contribution < -0.4 is 10.1 Å². The molecule has 1 aliphatic heterocycles. The fourth-order valence-corrected chi connectivity index (χ4v) is 6.11. The van der Waals surface area contributed by atoms with Gasteiger partial charge in [0.05, 0.1) is 32.2 Å². The molecule has 3 heterocycles. The van der Waals surface area contributed by atoms with Crippen LogP contribution >= 0.6 is 0 Å². The quantitative estimate of drug-likeness (QED) is 0.184. The SMILES string of the molecule is COc1ccc(CN(Cc2ccccn2)C2CC(C)(C)NC(C)(C)C2)cc1Cn1cccn1.O=C(O)CC(O)(CC(=O)O)C(=O)O. The zero-order valence-electron chi connectivity index (χ0n) is 27.0. The number of aliphatic hydroxyl groups is 1. The Kier molecular flexibility index (Phi) is 12.0. The summed E-state index contributed by atoms with van der Waals surface area (Å²) in [5.74, 6) is -4.12. The Morgan fingerprint density at radius 1 is 0.978 bits per heavy atom. The first-order valence-corrected chi connectivity index (χ1v) is 15.0. The highest BCUT2D eigenvalue weighted by atomic mass is 16.5. The van der Waals surface area contributed by atoms with Crippen molar-refractivity contribution in [3.63, 3.8) is 0 Å². The van der Waals surface area contributed by atoms with Crippen molar-refractivity contribution in [3.8, 4) is 5.75 Å². The molecule has 3 aromatic rings. The molecule has 0 aliphatic carbocycles. The van der Waals surface area contributed by atoms with Crippen LogP contribution in [-0.4, -0.2) is 87.8 Å². The van der Waals surface area contributed by atoms with Gasteiger partial charge in [-0.2, -0.15) is 5.10 Å². The van der Waals surface area contributed by atoms with Gasteiger partial charge in [-0.05, 0) is 76.4 Å². The van der Waals surface area contributed by atoms with Crippen LogP contribution in [0.2, 0.25) is 0 Å². The molecule has 250 valence electrons. The third-order valence-electron chi connectivity index (χ3n) is 7.68. The first-order chi connectivity index (χ1) is 21.5. The van der Waals surface area contributed by atoms with E-state index in [-0.39, 0.29) is 11.1 Å². The number of carboxylic acid groups (broad SMARTS) is 3. The molecule has 0 unspecified atom stereocenters. The molecule has 13 heteroatoms. The van der Waals surface area contributed by atoms with Crippen molar-refractivity contribution < 1.29 is 39.5 Å². The van der Waals surface area contributed by atoms with Gasteiger partial charge in [0.15, 0.2) is 5.60 Å². The van der Waals surface area contributed by atoms with Gasteiger partial charge in [0.1, 0.15) is 5.75 Å². The Hall–Kier alpha value is -4.33. The van der Waals surface area contributed by atoms with E-state index >= 15 is 0 Å². The standard InChI is InChI=1S/C27H37N5O.C6H8O7/c1-26(2)16-24(17-27(3,4)30-26)31(20-23-9-6-7-12-28-23)18-21-10-11-25(33-5)22(15-21)19-32-14-8-13-29-32;7-3(8)1-6(13,5(11)12)2-4(9)10/h6-15,24,30H,16-20H2,1-5H3;13H,1-2H2,(H,7,8)(H,9,10)(H,11,12). The molecule has 1 aromatic carbocycles. The van der Waals surface area contributed by atoms with Crippen LogP contribution in [0, 0.1) is 0 Å². The van der Waals surface area contributed by atoms with Gasteiger partial charge in [0.25, 0.3) is 0 Å². The summed E-state index contributed by atoms with van der Waals surface area (Å²) >= 11 is 0. The van der Waals surface area contributed by atoms with Gasteiger partial charge in [-0.25, -0.2) is 4.79 Å². The second kappa shape index (κ2) is 15.3. The van der Waals surface area contributed by atoms with Crippen molar-refractivity contribution in [2.45, 2.75) is 95.7 Å². The summed E-state index contributed by atoms with van der Waals surface area (Å²) in [6.07, 6.45) is 5.59. The molecule has 46 heavy (non-hydrogen) atoms. The van der Waals surface area contributed by atoms with Crippen LogP contribution in [0.3, 0.4) is 0 Å². The van der Waals surface area contributed by atoms with Crippen LogP contribution in [0.15, 0.2) is 61.1 Å². The van der Waals surface area contributed by atoms with Crippen LogP contribution in [0.4, 0.5) is 0 Å². The summed E-state index contributed by atoms with van der Waals surface area (Å²) < 4.78 is 7.58. The maximum atomic E-state index is 10.3. The maximum Gasteiger partial charge on any atom is 0.336 e. The number of nitrogens with zero attached hydrogens (tertiary/aromatic N) is 4. The van der Waals surface area contributed by atoms with E-state index in [1.807, 2.05) is 35.4 Å². The molecule has 0 saturated carbocycles. The first kappa shape index (κ1) is 36.1. The van der Waals surface area contributed by atoms with Crippen molar-refractivity contribution in [1.82, 2.24) is 25.0 Å². The topological polar surface area (TPSA) is 187 Å². The summed E-state index contributed by atoms with van der Waals surface area (Å²) in [5.41, 5.74) is 0.958. The van der Waals surface area contributed by atoms with E-state index in [9.17, 15) is 14.4 Å². The zero-order chi connectivity index (χ0) is 34.1. The first-order valence-electron chi connectivity index (χ1n) is 15.0. The molecular formula is C33H45N5O8. The fourth-order valence-electron chi connectivity index (χ4n) is 6.11. The Labute approximate surface area is 268 Å². The van der Waals surface area contributed by atoms with Crippen LogP contribution in [-0.2, 0) is 34.0 Å². The fraction of sp³-hybridized carbons (Fsp3) is 0.485. The van der Waals surface area contributed by atoms with Gasteiger partial charge in [-0.1, -0.05) is 12.1 Å². The van der Waals surface area contributed by atoms with Crippen molar-refractivity contribution in [2.75, 3.05) is 7.11 Å². The summed E-state index contributed by atoms with van der Waals surface area (Å²) in [4.78, 5) is 37.7. The minimum Gasteiger partial charge on any atom is -0.496 e. The molecule has 1 saturated heterocycles. The van der Waals surface area contributed by atoms with Crippen molar-refractivity contribution in [2.24, 2.45) is 0 Å². The lowest BCUT2D eigenvalue weighted by Gasteiger charge is -2.49. The number of aliphatic carboxylic acids is 3. The molecule has 0 radical (unpaired) electrons. The highest BCUT2D eigenvalue weighted by Gasteiger charge is 2.41. The number of piperidine rings is 1. The molecule has 0 amide bonds. The summed E-state index contributed by atoms with van der Waals surface area (Å²) in [7, 11) is 1.73. The van der Waals surface area contributed by atoms with Gasteiger partial charge in [0, 0.05) is 54.4 Å². The second-order valence-corrected chi connectivity index (χ2v) is 13.0. The van der Waals surface area contributed by atoms with Crippen molar-refractivity contribution >= 4 is 17.9 Å². The van der Waals surface area contributed by atoms with Crippen LogP contribution in [0.5, 0.6) is 5.75 Å². The van der Waals surface area contributed by atoms with Gasteiger partial charge >= 0.3 is 17.9 Å². The van der Waals surface area contributed by atoms with Gasteiger partial charge in [0.2, 0.25) is 0 Å². The highest BCUT2D eigenvalue weighted by Crippen LogP contribution is 2.33. The number of carboxylic acids is 3. The lowest BCUT2D eigenvalue weighted by molar-refractivity contribution is -0.170. The summed E-state index contributed by atoms with van der Waals surface area (Å²) in [5, 5.41) is 42.0. The highest BCUT2D eigenvalue weighted by molar-refractivity contribution is 5.88. The number of nitrogens with one attached hydrogen (secondary N) is 1. The molecule has 0 bridgehead atoms. The van der Waals surface area contributed by atoms with E-state index in [2.05, 4.69) is 78.3 Å². The Balaban J connectivity index is 0.000000376. The van der Waals surface area contributed by atoms with E-state index in [0.717, 1.165) is 42.9 Å². The van der Waals surface area contributed by atoms with Gasteiger partial charge in [-0.3, -0.25) is 24.2 Å². The molecule has 1 fully saturated rings. The minimum absolute atomic E-state index is 0.0833. The molecule has 0 atom stereocenters. The predicted molar refractivity (Wildman–Crippen MR) is 169 cm³/mol. The normalized spacial score (nSPS) is 15.9. The molecule has 4 rings (SSSR count). The molecule has 5 N–H and O–H groups in total. The Bertz CT molecular complexity index is 1430. The minimum atomic E-state index is -2.74. The lowest BCUT2D eigenvalue weighted by atomic mass is 9.79. The Morgan fingerprint density at radius 2 is 1.63 bits per heavy atom. The molecular weight excluding hydrogens is 594 g/mol. The predicted octanol–water partition coefficient (Wildman–Crippen LogP) is 3.40. The van der Waals surface area contributed by atoms with E-state index < -0.39 is 36.4 Å². The molecule has 1 aliphatic rings. The number of ether oxygens (including phenoxy) is 1. The molecule has 2 aromatic heterocycles. The smallest absolute Gasteiger partial charge is 0.336 e. The van der Waals surface area contributed by atoms with Gasteiger partial charge in [-0.15, -0.1) is 0 Å². The number of benzene rings is 1. The van der Waals surface area contributed by atoms with Crippen LogP contribution in [0.25, 0.3) is 0 Å². The zero-order valence-corrected chi connectivity index (χ0v) is 27.0. The van der Waals surface area contributed by atoms with E-state index in [4.69, 9.17) is 25.2 Å². The van der Waals surface area contributed by atoms with Crippen molar-refractivity contribution in [3.05, 3.63) is 77.9 Å². The maximum absolute atomic E-state index is 10.3. The number of carbonyl (C=O) groups is 3.